The monoisotopic (exact) mass is 496 g/mol. The molecular weight excluding hydrogens is 464 g/mol. The quantitative estimate of drug-likeness (QED) is 0.586. The normalized spacial score (nSPS) is 20.1. The van der Waals surface area contributed by atoms with Crippen LogP contribution >= 0.6 is 0 Å². The summed E-state index contributed by atoms with van der Waals surface area (Å²) in [7, 11) is -3.50. The van der Waals surface area contributed by atoms with Crippen molar-refractivity contribution in [2.24, 2.45) is 5.92 Å². The number of hydrogen-bond acceptors (Lipinski definition) is 5. The molecule has 2 aliphatic heterocycles. The number of aliphatic hydroxyl groups is 1. The maximum atomic E-state index is 13.3. The number of carbonyl (C=O) groups excluding carboxylic acids is 1. The molecule has 186 valence electrons. The standard InChI is InChI=1S/C26H32N4O4S/c1-18-3-5-23(6-4-18)35(33,34)29-12-8-21(9-13-29)22-10-14-30-24(15-22)25(19(2)27-30)26(32)28-11-7-20(16-28)17-31/h3-6,10,14-15,20-21,31H,7-9,11-13,16-17H2,1-2H3. The number of carbonyl (C=O) groups is 1. The average Bonchev–Trinajstić information content (AvgIpc) is 3.47. The minimum Gasteiger partial charge on any atom is -0.396 e. The lowest BCUT2D eigenvalue weighted by Crippen LogP contribution is -2.37. The summed E-state index contributed by atoms with van der Waals surface area (Å²) in [5, 5.41) is 14.0. The van der Waals surface area contributed by atoms with Crippen molar-refractivity contribution >= 4 is 21.4 Å². The predicted molar refractivity (Wildman–Crippen MR) is 133 cm³/mol. The number of aromatic nitrogens is 2. The lowest BCUT2D eigenvalue weighted by atomic mass is 9.90. The Morgan fingerprint density at radius 1 is 1.06 bits per heavy atom. The molecule has 0 saturated carbocycles. The van der Waals surface area contributed by atoms with Gasteiger partial charge < -0.3 is 10.0 Å². The maximum Gasteiger partial charge on any atom is 0.257 e. The van der Waals surface area contributed by atoms with E-state index in [0.717, 1.165) is 35.9 Å². The number of piperidine rings is 1. The molecule has 1 amide bonds. The summed E-state index contributed by atoms with van der Waals surface area (Å²) in [6.07, 6.45) is 4.16. The zero-order valence-electron chi connectivity index (χ0n) is 20.2. The van der Waals surface area contributed by atoms with E-state index in [1.54, 1.807) is 21.0 Å². The first-order valence-corrected chi connectivity index (χ1v) is 13.7. The van der Waals surface area contributed by atoms with Crippen molar-refractivity contribution in [1.29, 1.82) is 0 Å². The second-order valence-electron chi connectivity index (χ2n) is 9.83. The largest absolute Gasteiger partial charge is 0.396 e. The van der Waals surface area contributed by atoms with Crippen molar-refractivity contribution in [3.8, 4) is 0 Å². The SMILES string of the molecule is Cc1ccc(S(=O)(=O)N2CCC(c3ccn4nc(C)c(C(=O)N5CCC(CO)C5)c4c3)CC2)cc1. The van der Waals surface area contributed by atoms with E-state index in [1.165, 1.54) is 0 Å². The Bertz CT molecular complexity index is 1340. The van der Waals surface area contributed by atoms with E-state index in [0.29, 0.717) is 42.3 Å². The fraction of sp³-hybridized carbons (Fsp3) is 0.462. The van der Waals surface area contributed by atoms with Crippen molar-refractivity contribution in [2.75, 3.05) is 32.8 Å². The summed E-state index contributed by atoms with van der Waals surface area (Å²) in [4.78, 5) is 15.5. The highest BCUT2D eigenvalue weighted by Gasteiger charge is 2.32. The molecule has 5 rings (SSSR count). The van der Waals surface area contributed by atoms with Crippen LogP contribution in [0.4, 0.5) is 0 Å². The van der Waals surface area contributed by atoms with Crippen molar-refractivity contribution in [3.63, 3.8) is 0 Å². The van der Waals surface area contributed by atoms with Crippen molar-refractivity contribution in [2.45, 2.75) is 43.9 Å². The van der Waals surface area contributed by atoms with Crippen molar-refractivity contribution < 1.29 is 18.3 Å². The second kappa shape index (κ2) is 9.37. The molecule has 2 aliphatic rings. The van der Waals surface area contributed by atoms with Gasteiger partial charge in [-0.25, -0.2) is 12.9 Å². The number of aryl methyl sites for hydroxylation is 2. The summed E-state index contributed by atoms with van der Waals surface area (Å²) in [6.45, 7) is 6.04. The molecular formula is C26H32N4O4S. The number of rotatable bonds is 5. The minimum atomic E-state index is -3.50. The molecule has 0 spiro atoms. The molecule has 0 bridgehead atoms. The van der Waals surface area contributed by atoms with Crippen LogP contribution in [0.25, 0.3) is 5.52 Å². The Hall–Kier alpha value is -2.75. The lowest BCUT2D eigenvalue weighted by molar-refractivity contribution is 0.0783. The van der Waals surface area contributed by atoms with Crippen LogP contribution in [0.2, 0.25) is 0 Å². The Kier molecular flexibility index (Phi) is 6.41. The summed E-state index contributed by atoms with van der Waals surface area (Å²) >= 11 is 0. The Morgan fingerprint density at radius 2 is 1.77 bits per heavy atom. The highest BCUT2D eigenvalue weighted by molar-refractivity contribution is 7.89. The molecule has 8 nitrogen and oxygen atoms in total. The van der Waals surface area contributed by atoms with E-state index in [2.05, 4.69) is 5.10 Å². The van der Waals surface area contributed by atoms with Crippen LogP contribution in [0.5, 0.6) is 0 Å². The number of amides is 1. The third-order valence-electron chi connectivity index (χ3n) is 7.46. The number of fused-ring (bicyclic) bond motifs is 1. The zero-order chi connectivity index (χ0) is 24.7. The van der Waals surface area contributed by atoms with Gasteiger partial charge in [-0.05, 0) is 68.9 Å². The number of pyridine rings is 1. The highest BCUT2D eigenvalue weighted by Crippen LogP contribution is 2.32. The van der Waals surface area contributed by atoms with Crippen LogP contribution in [0.1, 0.15) is 52.4 Å². The first-order valence-electron chi connectivity index (χ1n) is 12.2. The summed E-state index contributed by atoms with van der Waals surface area (Å²) < 4.78 is 29.5. The van der Waals surface area contributed by atoms with E-state index in [4.69, 9.17) is 0 Å². The topological polar surface area (TPSA) is 95.2 Å². The van der Waals surface area contributed by atoms with Gasteiger partial charge >= 0.3 is 0 Å². The molecule has 1 aromatic carbocycles. The molecule has 1 N–H and O–H groups in total. The number of nitrogens with zero attached hydrogens (tertiary/aromatic N) is 4. The summed E-state index contributed by atoms with van der Waals surface area (Å²) in [5.41, 5.74) is 4.23. The second-order valence-corrected chi connectivity index (χ2v) is 11.8. The average molecular weight is 497 g/mol. The van der Waals surface area contributed by atoms with E-state index < -0.39 is 10.0 Å². The molecule has 3 aromatic rings. The van der Waals surface area contributed by atoms with Gasteiger partial charge in [-0.3, -0.25) is 4.79 Å². The zero-order valence-corrected chi connectivity index (χ0v) is 21.0. The minimum absolute atomic E-state index is 0.0374. The van der Waals surface area contributed by atoms with Crippen LogP contribution in [0.3, 0.4) is 0 Å². The molecule has 2 aromatic heterocycles. The van der Waals surface area contributed by atoms with Gasteiger partial charge in [0.05, 0.1) is 21.7 Å². The first kappa shape index (κ1) is 24.0. The number of likely N-dealkylation sites (tertiary alicyclic amines) is 1. The van der Waals surface area contributed by atoms with Gasteiger partial charge in [-0.2, -0.15) is 9.40 Å². The lowest BCUT2D eigenvalue weighted by Gasteiger charge is -2.31. The number of hydrogen-bond donors (Lipinski definition) is 1. The van der Waals surface area contributed by atoms with E-state index in [-0.39, 0.29) is 24.3 Å². The van der Waals surface area contributed by atoms with E-state index >= 15 is 0 Å². The van der Waals surface area contributed by atoms with Gasteiger partial charge in [0.1, 0.15) is 0 Å². The molecule has 2 fully saturated rings. The van der Waals surface area contributed by atoms with Gasteiger partial charge in [0.2, 0.25) is 10.0 Å². The van der Waals surface area contributed by atoms with Crippen molar-refractivity contribution in [1.82, 2.24) is 18.8 Å². The smallest absolute Gasteiger partial charge is 0.257 e. The van der Waals surface area contributed by atoms with Crippen LogP contribution in [-0.4, -0.2) is 71.0 Å². The molecule has 9 heteroatoms. The van der Waals surface area contributed by atoms with Gasteiger partial charge in [-0.15, -0.1) is 0 Å². The third-order valence-corrected chi connectivity index (χ3v) is 9.38. The fourth-order valence-corrected chi connectivity index (χ4v) is 6.78. The predicted octanol–water partition coefficient (Wildman–Crippen LogP) is 2.97. The summed E-state index contributed by atoms with van der Waals surface area (Å²) in [5.74, 6) is 0.316. The molecule has 0 radical (unpaired) electrons. The van der Waals surface area contributed by atoms with Gasteiger partial charge in [0.15, 0.2) is 0 Å². The Labute approximate surface area is 206 Å². The van der Waals surface area contributed by atoms with Crippen molar-refractivity contribution in [3.05, 3.63) is 65.0 Å². The molecule has 1 atom stereocenters. The van der Waals surface area contributed by atoms with Gasteiger partial charge in [0, 0.05) is 44.9 Å². The van der Waals surface area contributed by atoms with Crippen LogP contribution < -0.4 is 0 Å². The number of sulfonamides is 1. The van der Waals surface area contributed by atoms with Crippen LogP contribution in [0.15, 0.2) is 47.5 Å². The van der Waals surface area contributed by atoms with Gasteiger partial charge in [-0.1, -0.05) is 17.7 Å². The number of aliphatic hydroxyl groups excluding tert-OH is 1. The molecule has 35 heavy (non-hydrogen) atoms. The summed E-state index contributed by atoms with van der Waals surface area (Å²) in [6, 6.07) is 11.1. The van der Waals surface area contributed by atoms with E-state index in [9.17, 15) is 18.3 Å². The van der Waals surface area contributed by atoms with Crippen LogP contribution in [-0.2, 0) is 10.0 Å². The fourth-order valence-electron chi connectivity index (χ4n) is 5.31. The van der Waals surface area contributed by atoms with E-state index in [1.807, 2.05) is 49.2 Å². The molecule has 1 unspecified atom stereocenters. The first-order chi connectivity index (χ1) is 16.8. The molecule has 0 aliphatic carbocycles. The third kappa shape index (κ3) is 4.48. The molecule has 2 saturated heterocycles. The Morgan fingerprint density at radius 3 is 2.43 bits per heavy atom. The van der Waals surface area contributed by atoms with Gasteiger partial charge in [0.25, 0.3) is 5.91 Å². The highest BCUT2D eigenvalue weighted by atomic mass is 32.2. The van der Waals surface area contributed by atoms with Crippen LogP contribution in [0, 0.1) is 19.8 Å². The Balaban J connectivity index is 1.34. The number of benzene rings is 1. The molecule has 4 heterocycles. The maximum absolute atomic E-state index is 13.3.